The molecule has 85 heavy (non-hydrogen) atoms. The minimum atomic E-state index is -0.220. The standard InChI is InChI=1S/C76H68BN3O5/c1-74(2,3)52-22-27-55(28-23-52)78(56-26-21-48-37-51(20-19-49(48)38-56)69-39-50-17-13-14-18-67(50)85-69)58-42-65-73-66(43-58)80(62-30-24-53(75(4,5)6)40-59(62)47-15-11-10-12-16-47)63-31-25-54(76(7,8)9)41-60(63)77(73)61-45-71-72(84-36-35-83-71)46-64(61)79(65)57-29-32-68-70(44-57)82-34-33-81-68/h10-32,37-46H,33-36H2,1-9H3. The molecule has 420 valence electrons. The Bertz CT molecular complexity index is 4440. The number of furan rings is 1. The van der Waals surface area contributed by atoms with Gasteiger partial charge in [-0.3, -0.25) is 0 Å². The molecule has 0 unspecified atom stereocenters. The minimum absolute atomic E-state index is 0.0555. The number of ether oxygens (including phenoxy) is 4. The largest absolute Gasteiger partial charge is 0.486 e. The second kappa shape index (κ2) is 19.6. The first-order valence-electron chi connectivity index (χ1n) is 29.9. The summed E-state index contributed by atoms with van der Waals surface area (Å²) in [6, 6.07) is 74.0. The van der Waals surface area contributed by atoms with E-state index in [1.807, 2.05) is 12.1 Å². The van der Waals surface area contributed by atoms with Gasteiger partial charge in [0.15, 0.2) is 23.0 Å². The van der Waals surface area contributed by atoms with Crippen molar-refractivity contribution in [3.05, 3.63) is 217 Å². The lowest BCUT2D eigenvalue weighted by Crippen LogP contribution is -2.61. The fourth-order valence-corrected chi connectivity index (χ4v) is 13.1. The van der Waals surface area contributed by atoms with Crippen LogP contribution in [0.5, 0.6) is 23.0 Å². The van der Waals surface area contributed by atoms with Crippen molar-refractivity contribution in [1.29, 1.82) is 0 Å². The Morgan fingerprint density at radius 3 is 1.68 bits per heavy atom. The highest BCUT2D eigenvalue weighted by molar-refractivity contribution is 7.00. The number of rotatable bonds is 7. The zero-order valence-corrected chi connectivity index (χ0v) is 49.8. The summed E-state index contributed by atoms with van der Waals surface area (Å²) in [5.41, 5.74) is 20.5. The number of para-hydroxylation sites is 1. The lowest BCUT2D eigenvalue weighted by Gasteiger charge is -2.46. The molecule has 0 bridgehead atoms. The lowest BCUT2D eigenvalue weighted by molar-refractivity contribution is 0.171. The van der Waals surface area contributed by atoms with Gasteiger partial charge in [0.05, 0.1) is 17.1 Å². The van der Waals surface area contributed by atoms with Crippen molar-refractivity contribution in [2.24, 2.45) is 0 Å². The summed E-state index contributed by atoms with van der Waals surface area (Å²) in [5.74, 6) is 3.77. The smallest absolute Gasteiger partial charge is 0.252 e. The molecule has 0 fully saturated rings. The van der Waals surface area contributed by atoms with Crippen LogP contribution in [0.1, 0.15) is 79.0 Å². The normalized spacial score (nSPS) is 14.3. The molecule has 0 radical (unpaired) electrons. The Labute approximate surface area is 498 Å². The highest BCUT2D eigenvalue weighted by Gasteiger charge is 2.46. The highest BCUT2D eigenvalue weighted by atomic mass is 16.6. The molecule has 0 saturated heterocycles. The van der Waals surface area contributed by atoms with Crippen molar-refractivity contribution in [1.82, 2.24) is 0 Å². The van der Waals surface area contributed by atoms with Gasteiger partial charge in [0.1, 0.15) is 37.8 Å². The molecule has 0 N–H and O–H groups in total. The summed E-state index contributed by atoms with van der Waals surface area (Å²) in [6.07, 6.45) is 0. The van der Waals surface area contributed by atoms with Crippen LogP contribution in [0.2, 0.25) is 0 Å². The molecule has 0 aliphatic carbocycles. The van der Waals surface area contributed by atoms with E-state index >= 15 is 0 Å². The first kappa shape index (κ1) is 52.5. The van der Waals surface area contributed by atoms with E-state index in [9.17, 15) is 0 Å². The molecule has 0 spiro atoms. The fourth-order valence-electron chi connectivity index (χ4n) is 13.1. The molecule has 1 aromatic heterocycles. The van der Waals surface area contributed by atoms with Crippen LogP contribution in [-0.2, 0) is 16.2 Å². The van der Waals surface area contributed by atoms with Crippen LogP contribution in [0.3, 0.4) is 0 Å². The number of hydrogen-bond acceptors (Lipinski definition) is 8. The molecule has 4 aliphatic rings. The van der Waals surface area contributed by atoms with Crippen LogP contribution < -0.4 is 50.0 Å². The third-order valence-corrected chi connectivity index (χ3v) is 17.6. The van der Waals surface area contributed by atoms with E-state index < -0.39 is 0 Å². The molecule has 0 amide bonds. The van der Waals surface area contributed by atoms with Gasteiger partial charge in [-0.15, -0.1) is 0 Å². The molecule has 11 aromatic rings. The Morgan fingerprint density at radius 1 is 0.376 bits per heavy atom. The summed E-state index contributed by atoms with van der Waals surface area (Å²) >= 11 is 0. The van der Waals surface area contributed by atoms with Crippen LogP contribution in [-0.4, -0.2) is 33.1 Å². The summed E-state index contributed by atoms with van der Waals surface area (Å²) in [7, 11) is 0. The number of hydrogen-bond donors (Lipinski definition) is 0. The zero-order valence-electron chi connectivity index (χ0n) is 49.8. The number of anilines is 9. The molecule has 4 aliphatic heterocycles. The maximum atomic E-state index is 6.54. The summed E-state index contributed by atoms with van der Waals surface area (Å²) in [4.78, 5) is 7.45. The molecule has 0 saturated carbocycles. The lowest BCUT2D eigenvalue weighted by atomic mass is 9.33. The second-order valence-electron chi connectivity index (χ2n) is 26.3. The molecule has 5 heterocycles. The van der Waals surface area contributed by atoms with Crippen LogP contribution in [0.4, 0.5) is 51.2 Å². The van der Waals surface area contributed by atoms with Crippen LogP contribution >= 0.6 is 0 Å². The monoisotopic (exact) mass is 1110 g/mol. The molecule has 10 aromatic carbocycles. The van der Waals surface area contributed by atoms with Gasteiger partial charge in [0.25, 0.3) is 6.71 Å². The number of fused-ring (bicyclic) bond motifs is 8. The van der Waals surface area contributed by atoms with E-state index in [1.165, 1.54) is 27.6 Å². The topological polar surface area (TPSA) is 59.8 Å². The van der Waals surface area contributed by atoms with E-state index in [1.54, 1.807) is 0 Å². The first-order valence-corrected chi connectivity index (χ1v) is 29.9. The van der Waals surface area contributed by atoms with Crippen molar-refractivity contribution < 1.29 is 23.4 Å². The van der Waals surface area contributed by atoms with Crippen molar-refractivity contribution in [2.75, 3.05) is 41.1 Å². The SMILES string of the molecule is CC(C)(C)c1ccc(N(c2cc3c4c(c2)N(c2ccc(C(C)(C)C)cc2-c2ccccc2)c2ccc(C(C)(C)C)cc2B4c2cc4c(cc2N3c2ccc3c(c2)OCCO3)OCCO4)c2ccc3cc(-c4cc5ccccc5o4)ccc3c2)cc1. The van der Waals surface area contributed by atoms with Gasteiger partial charge in [-0.1, -0.05) is 159 Å². The van der Waals surface area contributed by atoms with Crippen molar-refractivity contribution >= 4 is 96.0 Å². The second-order valence-corrected chi connectivity index (χ2v) is 26.3. The van der Waals surface area contributed by atoms with Gasteiger partial charge in [-0.2, -0.15) is 0 Å². The number of benzene rings is 10. The van der Waals surface area contributed by atoms with Crippen molar-refractivity contribution in [3.8, 4) is 45.4 Å². The Kier molecular flexibility index (Phi) is 12.1. The fraction of sp³-hybridized carbons (Fsp3) is 0.211. The maximum absolute atomic E-state index is 6.54. The van der Waals surface area contributed by atoms with Gasteiger partial charge in [-0.05, 0) is 157 Å². The first-order chi connectivity index (χ1) is 41.0. The molecule has 15 rings (SSSR count). The van der Waals surface area contributed by atoms with Gasteiger partial charge in [0, 0.05) is 62.8 Å². The van der Waals surface area contributed by atoms with Crippen LogP contribution in [0.25, 0.3) is 44.2 Å². The van der Waals surface area contributed by atoms with Crippen LogP contribution in [0.15, 0.2) is 205 Å². The molecule has 8 nitrogen and oxygen atoms in total. The zero-order chi connectivity index (χ0) is 58.1. The van der Waals surface area contributed by atoms with E-state index in [0.717, 1.165) is 118 Å². The van der Waals surface area contributed by atoms with Crippen molar-refractivity contribution in [2.45, 2.75) is 78.6 Å². The van der Waals surface area contributed by atoms with Gasteiger partial charge in [-0.25, -0.2) is 0 Å². The summed E-state index contributed by atoms with van der Waals surface area (Å²) in [5, 5.41) is 3.32. The quantitative estimate of drug-likeness (QED) is 0.146. The average molecular weight is 1110 g/mol. The third kappa shape index (κ3) is 9.05. The Morgan fingerprint density at radius 2 is 0.965 bits per heavy atom. The van der Waals surface area contributed by atoms with Gasteiger partial charge in [0.2, 0.25) is 0 Å². The average Bonchev–Trinajstić information content (AvgIpc) is 1.07. The number of nitrogens with zero attached hydrogens (tertiary/aromatic N) is 3. The molecular weight excluding hydrogens is 1050 g/mol. The van der Waals surface area contributed by atoms with E-state index in [-0.39, 0.29) is 23.0 Å². The molecule has 9 heteroatoms. The van der Waals surface area contributed by atoms with E-state index in [2.05, 4.69) is 265 Å². The van der Waals surface area contributed by atoms with Crippen molar-refractivity contribution in [3.63, 3.8) is 0 Å². The van der Waals surface area contributed by atoms with E-state index in [4.69, 9.17) is 23.4 Å². The third-order valence-electron chi connectivity index (χ3n) is 17.6. The predicted molar refractivity (Wildman–Crippen MR) is 351 cm³/mol. The van der Waals surface area contributed by atoms with Crippen LogP contribution in [0, 0.1) is 0 Å². The highest BCUT2D eigenvalue weighted by Crippen LogP contribution is 2.53. The molecular formula is C76H68BN3O5. The Hall–Kier alpha value is -9.34. The summed E-state index contributed by atoms with van der Waals surface area (Å²) < 4.78 is 32.1. The van der Waals surface area contributed by atoms with Gasteiger partial charge < -0.3 is 38.1 Å². The minimum Gasteiger partial charge on any atom is -0.486 e. The maximum Gasteiger partial charge on any atom is 0.252 e. The molecule has 0 atom stereocenters. The van der Waals surface area contributed by atoms with Gasteiger partial charge >= 0.3 is 0 Å². The van der Waals surface area contributed by atoms with E-state index in [0.29, 0.717) is 32.2 Å². The Balaban J connectivity index is 1.04. The summed E-state index contributed by atoms with van der Waals surface area (Å²) in [6.45, 7) is 22.4. The predicted octanol–water partition coefficient (Wildman–Crippen LogP) is 17.9.